The molecule has 0 saturated heterocycles. The van der Waals surface area contributed by atoms with E-state index in [-0.39, 0.29) is 0 Å². The lowest BCUT2D eigenvalue weighted by Gasteiger charge is -2.00. The van der Waals surface area contributed by atoms with Gasteiger partial charge in [0.2, 0.25) is 0 Å². The molecule has 0 saturated carbocycles. The number of hydrazone groups is 1. The molecule has 0 bridgehead atoms. The maximum Gasteiger partial charge on any atom is 0.0571 e. The second-order valence-electron chi connectivity index (χ2n) is 2.93. The van der Waals surface area contributed by atoms with Crippen molar-refractivity contribution in [3.05, 3.63) is 48.0 Å². The van der Waals surface area contributed by atoms with Crippen LogP contribution in [0.3, 0.4) is 0 Å². The highest BCUT2D eigenvalue weighted by Gasteiger charge is 1.95. The predicted molar refractivity (Wildman–Crippen MR) is 56.5 cm³/mol. The van der Waals surface area contributed by atoms with Gasteiger partial charge in [0.1, 0.15) is 0 Å². The highest BCUT2D eigenvalue weighted by molar-refractivity contribution is 5.99. The van der Waals surface area contributed by atoms with Gasteiger partial charge in [-0.1, -0.05) is 42.5 Å². The molecule has 0 atom stereocenters. The summed E-state index contributed by atoms with van der Waals surface area (Å²) in [6.07, 6.45) is 1.59. The van der Waals surface area contributed by atoms with E-state index in [9.17, 15) is 0 Å². The molecule has 2 N–H and O–H groups in total. The number of benzene rings is 2. The normalized spacial score (nSPS) is 10.9. The van der Waals surface area contributed by atoms with Gasteiger partial charge in [0, 0.05) is 5.56 Å². The molecule has 3 nitrogen and oxygen atoms in total. The first-order valence-electron chi connectivity index (χ1n) is 4.32. The second kappa shape index (κ2) is 3.89. The molecule has 0 aliphatic rings. The second-order valence-corrected chi connectivity index (χ2v) is 2.93. The highest BCUT2D eigenvalue weighted by Crippen LogP contribution is 2.16. The van der Waals surface area contributed by atoms with E-state index in [2.05, 4.69) is 5.10 Å². The molecule has 0 unspecified atom stereocenters. The molecule has 3 heteroatoms. The molecule has 0 aliphatic heterocycles. The number of hydrogen-bond donors (Lipinski definition) is 2. The van der Waals surface area contributed by atoms with Crippen LogP contribution in [0.2, 0.25) is 0 Å². The topological polar surface area (TPSA) is 44.6 Å². The van der Waals surface area contributed by atoms with Crippen LogP contribution in [0.1, 0.15) is 5.56 Å². The summed E-state index contributed by atoms with van der Waals surface area (Å²) in [6.45, 7) is 0. The Morgan fingerprint density at radius 1 is 1.07 bits per heavy atom. The molecular weight excluding hydrogens is 176 g/mol. The third-order valence-corrected chi connectivity index (χ3v) is 2.08. The van der Waals surface area contributed by atoms with E-state index in [0.29, 0.717) is 0 Å². The Hall–Kier alpha value is -1.87. The summed E-state index contributed by atoms with van der Waals surface area (Å²) in [5.74, 6) is 0. The molecule has 2 aromatic carbocycles. The van der Waals surface area contributed by atoms with Gasteiger partial charge in [-0.3, -0.25) is 5.21 Å². The minimum Gasteiger partial charge on any atom is -0.274 e. The Kier molecular flexibility index (Phi) is 2.42. The zero-order valence-electron chi connectivity index (χ0n) is 7.51. The molecule has 0 aliphatic carbocycles. The fraction of sp³-hybridized carbons (Fsp3) is 0. The number of rotatable bonds is 2. The maximum absolute atomic E-state index is 8.35. The van der Waals surface area contributed by atoms with Crippen molar-refractivity contribution in [2.45, 2.75) is 0 Å². The van der Waals surface area contributed by atoms with Crippen molar-refractivity contribution in [3.8, 4) is 0 Å². The van der Waals surface area contributed by atoms with Crippen LogP contribution in [0.25, 0.3) is 10.8 Å². The standard InChI is InChI=1S/C11H10N2O/c14-13-12-8-10-6-3-5-9-4-1-2-7-11(9)10/h1-8,13-14H. The SMILES string of the molecule is ONN=Cc1cccc2ccccc12. The molecule has 2 aromatic rings. The van der Waals surface area contributed by atoms with Crippen molar-refractivity contribution in [1.82, 2.24) is 5.59 Å². The Morgan fingerprint density at radius 2 is 1.86 bits per heavy atom. The Bertz CT molecular complexity index is 460. The van der Waals surface area contributed by atoms with Crippen molar-refractivity contribution in [3.63, 3.8) is 0 Å². The van der Waals surface area contributed by atoms with Crippen LogP contribution in [0.5, 0.6) is 0 Å². The first-order valence-corrected chi connectivity index (χ1v) is 4.32. The number of nitrogens with one attached hydrogen (secondary N) is 1. The zero-order chi connectivity index (χ0) is 9.80. The summed E-state index contributed by atoms with van der Waals surface area (Å²) in [5, 5.41) is 14.2. The summed E-state index contributed by atoms with van der Waals surface area (Å²) < 4.78 is 0. The van der Waals surface area contributed by atoms with Gasteiger partial charge in [-0.2, -0.15) is 10.7 Å². The molecule has 0 amide bonds. The Morgan fingerprint density at radius 3 is 2.71 bits per heavy atom. The van der Waals surface area contributed by atoms with Crippen molar-refractivity contribution in [1.29, 1.82) is 0 Å². The van der Waals surface area contributed by atoms with E-state index >= 15 is 0 Å². The molecule has 2 rings (SSSR count). The molecular formula is C11H10N2O. The predicted octanol–water partition coefficient (Wildman–Crippen LogP) is 2.15. The van der Waals surface area contributed by atoms with Crippen LogP contribution in [-0.2, 0) is 0 Å². The third kappa shape index (κ3) is 1.58. The summed E-state index contributed by atoms with van der Waals surface area (Å²) in [5.41, 5.74) is 2.73. The number of fused-ring (bicyclic) bond motifs is 1. The van der Waals surface area contributed by atoms with E-state index in [4.69, 9.17) is 5.21 Å². The van der Waals surface area contributed by atoms with Gasteiger partial charge in [0.15, 0.2) is 0 Å². The smallest absolute Gasteiger partial charge is 0.0571 e. The Balaban J connectivity index is 2.59. The van der Waals surface area contributed by atoms with Crippen LogP contribution in [0.4, 0.5) is 0 Å². The highest BCUT2D eigenvalue weighted by atomic mass is 16.5. The van der Waals surface area contributed by atoms with E-state index in [1.165, 1.54) is 0 Å². The lowest BCUT2D eigenvalue weighted by molar-refractivity contribution is 0.173. The van der Waals surface area contributed by atoms with Crippen LogP contribution in [0, 0.1) is 0 Å². The van der Waals surface area contributed by atoms with Gasteiger partial charge >= 0.3 is 0 Å². The maximum atomic E-state index is 8.35. The van der Waals surface area contributed by atoms with Crippen LogP contribution < -0.4 is 5.59 Å². The zero-order valence-corrected chi connectivity index (χ0v) is 7.51. The minimum absolute atomic E-state index is 0.977. The number of nitrogens with zero attached hydrogens (tertiary/aromatic N) is 1. The van der Waals surface area contributed by atoms with Gasteiger partial charge in [-0.05, 0) is 10.8 Å². The monoisotopic (exact) mass is 186 g/mol. The summed E-state index contributed by atoms with van der Waals surface area (Å²) in [6, 6.07) is 14.0. The van der Waals surface area contributed by atoms with Gasteiger partial charge in [0.05, 0.1) is 6.21 Å². The molecule has 0 radical (unpaired) electrons. The van der Waals surface area contributed by atoms with Crippen molar-refractivity contribution in [2.75, 3.05) is 0 Å². The van der Waals surface area contributed by atoms with E-state index in [1.807, 2.05) is 42.5 Å². The third-order valence-electron chi connectivity index (χ3n) is 2.08. The van der Waals surface area contributed by atoms with Gasteiger partial charge in [0.25, 0.3) is 0 Å². The fourth-order valence-electron chi connectivity index (χ4n) is 1.46. The lowest BCUT2D eigenvalue weighted by Crippen LogP contribution is -1.96. The molecule has 14 heavy (non-hydrogen) atoms. The van der Waals surface area contributed by atoms with Crippen LogP contribution in [0.15, 0.2) is 47.6 Å². The van der Waals surface area contributed by atoms with Crippen LogP contribution >= 0.6 is 0 Å². The van der Waals surface area contributed by atoms with Gasteiger partial charge in [-0.25, -0.2) is 0 Å². The molecule has 0 spiro atoms. The first-order chi connectivity index (χ1) is 6.92. The van der Waals surface area contributed by atoms with E-state index in [0.717, 1.165) is 16.3 Å². The summed E-state index contributed by atoms with van der Waals surface area (Å²) in [4.78, 5) is 0. The van der Waals surface area contributed by atoms with E-state index in [1.54, 1.807) is 11.8 Å². The summed E-state index contributed by atoms with van der Waals surface area (Å²) in [7, 11) is 0. The molecule has 0 fully saturated rings. The molecule has 0 heterocycles. The van der Waals surface area contributed by atoms with Gasteiger partial charge < -0.3 is 0 Å². The first kappa shape index (κ1) is 8.72. The minimum atomic E-state index is 0.977. The average molecular weight is 186 g/mol. The van der Waals surface area contributed by atoms with E-state index < -0.39 is 0 Å². The van der Waals surface area contributed by atoms with Crippen molar-refractivity contribution >= 4 is 17.0 Å². The molecule has 0 aromatic heterocycles. The number of hydrogen-bond acceptors (Lipinski definition) is 3. The lowest BCUT2D eigenvalue weighted by atomic mass is 10.1. The Labute approximate surface area is 81.6 Å². The van der Waals surface area contributed by atoms with Gasteiger partial charge in [-0.15, -0.1) is 0 Å². The summed E-state index contributed by atoms with van der Waals surface area (Å²) >= 11 is 0. The average Bonchev–Trinajstić information content (AvgIpc) is 2.26. The quantitative estimate of drug-likeness (QED) is 0.557. The fourth-order valence-corrected chi connectivity index (χ4v) is 1.46. The van der Waals surface area contributed by atoms with Crippen molar-refractivity contribution in [2.24, 2.45) is 5.10 Å². The van der Waals surface area contributed by atoms with Crippen molar-refractivity contribution < 1.29 is 5.21 Å². The molecule has 70 valence electrons. The van der Waals surface area contributed by atoms with Crippen LogP contribution in [-0.4, -0.2) is 11.4 Å². The largest absolute Gasteiger partial charge is 0.274 e.